The minimum absolute atomic E-state index is 0.00960. The summed E-state index contributed by atoms with van der Waals surface area (Å²) in [7, 11) is 3.86. The first-order valence-electron chi connectivity index (χ1n) is 10.6. The van der Waals surface area contributed by atoms with Gasteiger partial charge in [0.2, 0.25) is 5.95 Å². The van der Waals surface area contributed by atoms with Crippen LogP contribution in [0.5, 0.6) is 0 Å². The lowest BCUT2D eigenvalue weighted by Gasteiger charge is -2.19. The fourth-order valence-electron chi connectivity index (χ4n) is 3.39. The molecule has 7 nitrogen and oxygen atoms in total. The van der Waals surface area contributed by atoms with Crippen molar-refractivity contribution in [2.75, 3.05) is 29.6 Å². The van der Waals surface area contributed by atoms with Crippen LogP contribution in [0.3, 0.4) is 0 Å². The third kappa shape index (κ3) is 5.21. The average Bonchev–Trinajstić information content (AvgIpc) is 2.79. The number of aryl methyl sites for hydroxylation is 1. The summed E-state index contributed by atoms with van der Waals surface area (Å²) in [6.07, 6.45) is 1.45. The van der Waals surface area contributed by atoms with Crippen molar-refractivity contribution in [1.82, 2.24) is 15.0 Å². The van der Waals surface area contributed by atoms with Crippen LogP contribution in [0.25, 0.3) is 10.9 Å². The summed E-state index contributed by atoms with van der Waals surface area (Å²) in [5.41, 5.74) is 4.26. The van der Waals surface area contributed by atoms with Crippen molar-refractivity contribution in [3.63, 3.8) is 0 Å². The third-order valence-electron chi connectivity index (χ3n) is 5.25. The van der Waals surface area contributed by atoms with E-state index in [4.69, 9.17) is 16.6 Å². The number of rotatable bonds is 6. The van der Waals surface area contributed by atoms with E-state index >= 15 is 0 Å². The van der Waals surface area contributed by atoms with E-state index in [0.29, 0.717) is 22.4 Å². The molecule has 0 saturated heterocycles. The van der Waals surface area contributed by atoms with Crippen LogP contribution < -0.4 is 15.5 Å². The summed E-state index contributed by atoms with van der Waals surface area (Å²) in [6, 6.07) is 17.1. The molecule has 0 aliphatic rings. The Kier molecular flexibility index (Phi) is 6.42. The molecule has 2 N–H and O–H groups in total. The Bertz CT molecular complexity index is 1290. The van der Waals surface area contributed by atoms with Gasteiger partial charge in [-0.1, -0.05) is 29.8 Å². The van der Waals surface area contributed by atoms with Gasteiger partial charge in [0.15, 0.2) is 0 Å². The van der Waals surface area contributed by atoms with Crippen molar-refractivity contribution >= 4 is 45.9 Å². The van der Waals surface area contributed by atoms with Crippen molar-refractivity contribution in [2.45, 2.75) is 19.9 Å². The van der Waals surface area contributed by atoms with Crippen molar-refractivity contribution in [2.24, 2.45) is 0 Å². The molecule has 0 spiro atoms. The molecule has 1 atom stereocenters. The number of aromatic nitrogens is 3. The highest BCUT2D eigenvalue weighted by Gasteiger charge is 2.13. The zero-order chi connectivity index (χ0) is 23.5. The van der Waals surface area contributed by atoms with Crippen LogP contribution in [0.2, 0.25) is 5.15 Å². The van der Waals surface area contributed by atoms with Gasteiger partial charge in [0.25, 0.3) is 5.91 Å². The Hall–Kier alpha value is -3.71. The van der Waals surface area contributed by atoms with E-state index in [0.717, 1.165) is 27.8 Å². The van der Waals surface area contributed by atoms with Crippen LogP contribution >= 0.6 is 11.6 Å². The second-order valence-corrected chi connectivity index (χ2v) is 8.49. The molecular formula is C25H25ClN6O. The van der Waals surface area contributed by atoms with E-state index < -0.39 is 0 Å². The molecule has 0 saturated carbocycles. The Balaban J connectivity index is 1.52. The zero-order valence-electron chi connectivity index (χ0n) is 18.9. The molecule has 33 heavy (non-hydrogen) atoms. The lowest BCUT2D eigenvalue weighted by Crippen LogP contribution is -2.16. The highest BCUT2D eigenvalue weighted by molar-refractivity contribution is 6.29. The summed E-state index contributed by atoms with van der Waals surface area (Å²) in [5.74, 6) is 1.19. The number of benzene rings is 2. The Morgan fingerprint density at radius 1 is 1.03 bits per heavy atom. The van der Waals surface area contributed by atoms with E-state index in [1.807, 2.05) is 49.3 Å². The molecule has 4 rings (SSSR count). The zero-order valence-corrected chi connectivity index (χ0v) is 19.7. The standard InChI is InChI=1S/C25H25ClN6O/c1-15-5-11-20-21(13-15)30-25(32(3)4)31-23(20)28-16(2)17-6-9-19(10-7-17)29-24(33)18-8-12-22(26)27-14-18/h5-14,16H,1-4H3,(H,29,33)(H,28,30,31). The van der Waals surface area contributed by atoms with Gasteiger partial charge in [0, 0.05) is 37.4 Å². The molecule has 0 radical (unpaired) electrons. The number of pyridine rings is 1. The minimum Gasteiger partial charge on any atom is -0.363 e. The van der Waals surface area contributed by atoms with Crippen molar-refractivity contribution in [3.8, 4) is 0 Å². The van der Waals surface area contributed by atoms with Gasteiger partial charge in [-0.3, -0.25) is 4.79 Å². The first-order valence-corrected chi connectivity index (χ1v) is 10.9. The molecule has 2 aromatic carbocycles. The van der Waals surface area contributed by atoms with Crippen LogP contribution in [-0.2, 0) is 0 Å². The summed E-state index contributed by atoms with van der Waals surface area (Å²) in [4.78, 5) is 27.6. The highest BCUT2D eigenvalue weighted by Crippen LogP contribution is 2.28. The Morgan fingerprint density at radius 2 is 1.79 bits per heavy atom. The lowest BCUT2D eigenvalue weighted by atomic mass is 10.1. The molecule has 0 fully saturated rings. The topological polar surface area (TPSA) is 83.0 Å². The largest absolute Gasteiger partial charge is 0.363 e. The maximum Gasteiger partial charge on any atom is 0.257 e. The number of fused-ring (bicyclic) bond motifs is 1. The Labute approximate surface area is 197 Å². The van der Waals surface area contributed by atoms with Gasteiger partial charge < -0.3 is 15.5 Å². The van der Waals surface area contributed by atoms with Crippen molar-refractivity contribution in [3.05, 3.63) is 82.6 Å². The summed E-state index contributed by atoms with van der Waals surface area (Å²) in [6.45, 7) is 4.13. The predicted octanol–water partition coefficient (Wildman–Crippen LogP) is 5.48. The molecule has 8 heteroatoms. The van der Waals surface area contributed by atoms with Gasteiger partial charge >= 0.3 is 0 Å². The van der Waals surface area contributed by atoms with Crippen LogP contribution in [-0.4, -0.2) is 35.0 Å². The Morgan fingerprint density at radius 3 is 2.45 bits per heavy atom. The van der Waals surface area contributed by atoms with Crippen molar-refractivity contribution in [1.29, 1.82) is 0 Å². The molecule has 2 heterocycles. The summed E-state index contributed by atoms with van der Waals surface area (Å²) in [5, 5.41) is 7.72. The average molecular weight is 461 g/mol. The molecule has 1 unspecified atom stereocenters. The summed E-state index contributed by atoms with van der Waals surface area (Å²) < 4.78 is 0. The predicted molar refractivity (Wildman–Crippen MR) is 134 cm³/mol. The number of hydrogen-bond donors (Lipinski definition) is 2. The molecule has 1 amide bonds. The monoisotopic (exact) mass is 460 g/mol. The number of nitrogens with one attached hydrogen (secondary N) is 2. The quantitative estimate of drug-likeness (QED) is 0.371. The molecule has 0 aliphatic carbocycles. The normalized spacial score (nSPS) is 11.8. The van der Waals surface area contributed by atoms with E-state index in [2.05, 4.69) is 46.6 Å². The smallest absolute Gasteiger partial charge is 0.257 e. The van der Waals surface area contributed by atoms with E-state index in [9.17, 15) is 4.79 Å². The number of carbonyl (C=O) groups is 1. The van der Waals surface area contributed by atoms with E-state index in [1.54, 1.807) is 12.1 Å². The van der Waals surface area contributed by atoms with Gasteiger partial charge in [0.1, 0.15) is 11.0 Å². The maximum atomic E-state index is 12.4. The molecule has 4 aromatic rings. The molecule has 0 aliphatic heterocycles. The van der Waals surface area contributed by atoms with Crippen LogP contribution in [0, 0.1) is 6.92 Å². The fraction of sp³-hybridized carbons (Fsp3) is 0.200. The number of halogens is 1. The fourth-order valence-corrected chi connectivity index (χ4v) is 3.51. The molecule has 0 bridgehead atoms. The van der Waals surface area contributed by atoms with E-state index in [1.165, 1.54) is 6.20 Å². The molecule has 2 aromatic heterocycles. The van der Waals surface area contributed by atoms with Crippen LogP contribution in [0.15, 0.2) is 60.8 Å². The summed E-state index contributed by atoms with van der Waals surface area (Å²) >= 11 is 5.79. The van der Waals surface area contributed by atoms with Gasteiger partial charge in [-0.25, -0.2) is 9.97 Å². The number of amides is 1. The first-order chi connectivity index (χ1) is 15.8. The van der Waals surface area contributed by atoms with Crippen LogP contribution in [0.1, 0.15) is 34.5 Å². The lowest BCUT2D eigenvalue weighted by molar-refractivity contribution is 0.102. The number of hydrogen-bond acceptors (Lipinski definition) is 6. The second kappa shape index (κ2) is 9.42. The highest BCUT2D eigenvalue weighted by atomic mass is 35.5. The van der Waals surface area contributed by atoms with E-state index in [-0.39, 0.29) is 11.9 Å². The van der Waals surface area contributed by atoms with Gasteiger partial charge in [0.05, 0.1) is 11.1 Å². The van der Waals surface area contributed by atoms with Crippen LogP contribution in [0.4, 0.5) is 17.5 Å². The molecule has 168 valence electrons. The maximum absolute atomic E-state index is 12.4. The number of nitrogens with zero attached hydrogens (tertiary/aromatic N) is 4. The number of anilines is 3. The van der Waals surface area contributed by atoms with Crippen molar-refractivity contribution < 1.29 is 4.79 Å². The second-order valence-electron chi connectivity index (χ2n) is 8.10. The number of carbonyl (C=O) groups excluding carboxylic acids is 1. The minimum atomic E-state index is -0.239. The SMILES string of the molecule is Cc1ccc2c(NC(C)c3ccc(NC(=O)c4ccc(Cl)nc4)cc3)nc(N(C)C)nc2c1. The third-order valence-corrected chi connectivity index (χ3v) is 5.48. The molecular weight excluding hydrogens is 436 g/mol. The van der Waals surface area contributed by atoms with Gasteiger partial charge in [-0.2, -0.15) is 4.98 Å². The first kappa shape index (κ1) is 22.5. The van der Waals surface area contributed by atoms with Gasteiger partial charge in [-0.15, -0.1) is 0 Å². The van der Waals surface area contributed by atoms with Gasteiger partial charge in [-0.05, 0) is 61.4 Å².